The zero-order valence-electron chi connectivity index (χ0n) is 21.5. The maximum atomic E-state index is 13.1. The van der Waals surface area contributed by atoms with Gasteiger partial charge < -0.3 is 24.1 Å². The lowest BCUT2D eigenvalue weighted by atomic mass is 9.80. The van der Waals surface area contributed by atoms with Gasteiger partial charge in [0, 0.05) is 0 Å². The molecule has 0 aliphatic carbocycles. The molecule has 0 radical (unpaired) electrons. The summed E-state index contributed by atoms with van der Waals surface area (Å²) in [6, 6.07) is 2.03. The first kappa shape index (κ1) is 28.2. The van der Waals surface area contributed by atoms with Crippen molar-refractivity contribution in [1.82, 2.24) is 5.32 Å². The van der Waals surface area contributed by atoms with Crippen molar-refractivity contribution >= 4 is 19.2 Å². The van der Waals surface area contributed by atoms with Gasteiger partial charge in [0.1, 0.15) is 11.2 Å². The minimum atomic E-state index is -1.50. The van der Waals surface area contributed by atoms with Crippen LogP contribution in [0.1, 0.15) is 94.9 Å². The van der Waals surface area contributed by atoms with Gasteiger partial charge in [-0.15, -0.1) is 0 Å². The molecule has 182 valence electrons. The number of carbonyl (C=O) groups excluding carboxylic acids is 2. The highest BCUT2D eigenvalue weighted by molar-refractivity contribution is 6.45. The maximum absolute atomic E-state index is 13.1. The number of rotatable bonds is 8. The largest absolute Gasteiger partial charge is 0.458 e. The lowest BCUT2D eigenvalue weighted by Crippen LogP contribution is -2.57. The Balaban J connectivity index is 2.91. The third-order valence-corrected chi connectivity index (χ3v) is 5.51. The smallest absolute Gasteiger partial charge is 0.457 e. The van der Waals surface area contributed by atoms with Gasteiger partial charge >= 0.3 is 19.2 Å². The van der Waals surface area contributed by atoms with Crippen LogP contribution >= 0.6 is 0 Å². The maximum Gasteiger partial charge on any atom is 0.457 e. The quantitative estimate of drug-likeness (QED) is 0.321. The van der Waals surface area contributed by atoms with Crippen LogP contribution < -0.4 is 5.32 Å². The molecule has 1 aliphatic heterocycles. The molecule has 1 amide bonds. The molecule has 0 aromatic heterocycles. The Bertz CT molecular complexity index is 701. The van der Waals surface area contributed by atoms with Gasteiger partial charge in [-0.1, -0.05) is 12.8 Å². The van der Waals surface area contributed by atoms with Gasteiger partial charge in [-0.05, 0) is 82.0 Å². The SMILES string of the molecule is CC(C)(C)OC(=O)NC(CC#N)(CCCCB1OC(C)(C)C(C)(C)O1)C(=O)OC(C)(C)C. The molecule has 0 spiro atoms. The standard InChI is InChI=1S/C23H41BN2O6/c1-19(2,3)29-17(27)23(14-16-25,26-18(28)30-20(4,5)6)13-11-12-15-24-31-21(7,8)22(9,10)32-24/h11-15H2,1-10H3,(H,26,28). The first-order valence-corrected chi connectivity index (χ1v) is 11.3. The summed E-state index contributed by atoms with van der Waals surface area (Å²) in [5.74, 6) is -0.645. The summed E-state index contributed by atoms with van der Waals surface area (Å²) in [6.07, 6.45) is 1.12. The van der Waals surface area contributed by atoms with Gasteiger partial charge in [0.15, 0.2) is 5.54 Å². The molecule has 1 N–H and O–H groups in total. The van der Waals surface area contributed by atoms with Crippen LogP contribution in [0.5, 0.6) is 0 Å². The fourth-order valence-electron chi connectivity index (χ4n) is 3.25. The number of esters is 1. The third-order valence-electron chi connectivity index (χ3n) is 5.51. The van der Waals surface area contributed by atoms with Crippen molar-refractivity contribution in [2.45, 2.75) is 129 Å². The molecule has 8 nitrogen and oxygen atoms in total. The number of unbranched alkanes of at least 4 members (excludes halogenated alkanes) is 1. The van der Waals surface area contributed by atoms with Crippen molar-refractivity contribution < 1.29 is 28.4 Å². The van der Waals surface area contributed by atoms with Crippen LogP contribution in [0.15, 0.2) is 0 Å². The number of alkyl carbamates (subject to hydrolysis) is 1. The van der Waals surface area contributed by atoms with Crippen LogP contribution in [-0.2, 0) is 23.6 Å². The summed E-state index contributed by atoms with van der Waals surface area (Å²) in [5, 5.41) is 12.1. The van der Waals surface area contributed by atoms with Gasteiger partial charge in [-0.2, -0.15) is 5.26 Å². The van der Waals surface area contributed by atoms with E-state index < -0.39 is 40.0 Å². The Morgan fingerprint density at radius 3 is 1.88 bits per heavy atom. The molecule has 32 heavy (non-hydrogen) atoms. The van der Waals surface area contributed by atoms with Gasteiger partial charge in [0.25, 0.3) is 0 Å². The highest BCUT2D eigenvalue weighted by Gasteiger charge is 2.50. The van der Waals surface area contributed by atoms with Crippen LogP contribution in [-0.4, -0.2) is 47.1 Å². The number of amides is 1. The van der Waals surface area contributed by atoms with E-state index in [9.17, 15) is 14.9 Å². The van der Waals surface area contributed by atoms with Crippen LogP contribution in [0.3, 0.4) is 0 Å². The summed E-state index contributed by atoms with van der Waals surface area (Å²) >= 11 is 0. The molecule has 1 heterocycles. The normalized spacial score (nSPS) is 19.6. The van der Waals surface area contributed by atoms with Gasteiger partial charge in [0.2, 0.25) is 0 Å². The lowest BCUT2D eigenvalue weighted by molar-refractivity contribution is -0.163. The zero-order chi connectivity index (χ0) is 25.0. The van der Waals surface area contributed by atoms with Gasteiger partial charge in [-0.3, -0.25) is 0 Å². The lowest BCUT2D eigenvalue weighted by Gasteiger charge is -2.34. The number of nitrogens with one attached hydrogen (secondary N) is 1. The minimum Gasteiger partial charge on any atom is -0.458 e. The van der Waals surface area contributed by atoms with E-state index in [-0.39, 0.29) is 20.0 Å². The Labute approximate surface area is 193 Å². The predicted octanol–water partition coefficient (Wildman–Crippen LogP) is 4.77. The summed E-state index contributed by atoms with van der Waals surface area (Å²) in [5.41, 5.74) is -3.82. The molecule has 9 heteroatoms. The third kappa shape index (κ3) is 8.29. The molecule has 1 unspecified atom stereocenters. The summed E-state index contributed by atoms with van der Waals surface area (Å²) < 4.78 is 22.9. The fourth-order valence-corrected chi connectivity index (χ4v) is 3.25. The van der Waals surface area contributed by atoms with E-state index in [2.05, 4.69) is 5.32 Å². The summed E-state index contributed by atoms with van der Waals surface area (Å²) in [6.45, 7) is 18.4. The van der Waals surface area contributed by atoms with Gasteiger partial charge in [-0.25, -0.2) is 9.59 Å². The number of nitriles is 1. The molecular formula is C23H41BN2O6. The van der Waals surface area contributed by atoms with Crippen molar-refractivity contribution in [3.8, 4) is 6.07 Å². The fraction of sp³-hybridized carbons (Fsp3) is 0.870. The monoisotopic (exact) mass is 452 g/mol. The summed E-state index contributed by atoms with van der Waals surface area (Å²) in [4.78, 5) is 25.6. The Hall–Kier alpha value is -1.79. The molecule has 0 saturated carbocycles. The molecule has 1 rings (SSSR count). The molecule has 1 saturated heterocycles. The Morgan fingerprint density at radius 2 is 1.44 bits per heavy atom. The number of hydrogen-bond donors (Lipinski definition) is 1. The zero-order valence-corrected chi connectivity index (χ0v) is 21.5. The number of hydrogen-bond acceptors (Lipinski definition) is 7. The Morgan fingerprint density at radius 1 is 0.938 bits per heavy atom. The van der Waals surface area contributed by atoms with E-state index in [0.717, 1.165) is 0 Å². The topological polar surface area (TPSA) is 107 Å². The summed E-state index contributed by atoms with van der Waals surface area (Å²) in [7, 11) is -0.342. The van der Waals surface area contributed by atoms with Crippen molar-refractivity contribution in [2.75, 3.05) is 0 Å². The van der Waals surface area contributed by atoms with Crippen molar-refractivity contribution in [3.05, 3.63) is 0 Å². The van der Waals surface area contributed by atoms with E-state index >= 15 is 0 Å². The molecule has 0 aromatic rings. The number of ether oxygens (including phenoxy) is 2. The highest BCUT2D eigenvalue weighted by Crippen LogP contribution is 2.38. The van der Waals surface area contributed by atoms with E-state index in [4.69, 9.17) is 18.8 Å². The predicted molar refractivity (Wildman–Crippen MR) is 123 cm³/mol. The first-order chi connectivity index (χ1) is 14.3. The van der Waals surface area contributed by atoms with Crippen LogP contribution in [0.2, 0.25) is 6.32 Å². The second-order valence-electron chi connectivity index (χ2n) is 11.5. The van der Waals surface area contributed by atoms with Crippen LogP contribution in [0.25, 0.3) is 0 Å². The first-order valence-electron chi connectivity index (χ1n) is 11.3. The average molecular weight is 452 g/mol. The second kappa shape index (κ2) is 10.0. The van der Waals surface area contributed by atoms with Crippen molar-refractivity contribution in [1.29, 1.82) is 5.26 Å². The number of carbonyl (C=O) groups is 2. The second-order valence-corrected chi connectivity index (χ2v) is 11.5. The van der Waals surface area contributed by atoms with Crippen molar-refractivity contribution in [2.24, 2.45) is 0 Å². The molecule has 1 fully saturated rings. The minimum absolute atomic E-state index is 0.225. The molecule has 1 aliphatic rings. The van der Waals surface area contributed by atoms with E-state index in [1.165, 1.54) is 0 Å². The Kier molecular flexibility index (Phi) is 8.83. The van der Waals surface area contributed by atoms with E-state index in [1.807, 2.05) is 33.8 Å². The average Bonchev–Trinajstić information content (AvgIpc) is 2.75. The van der Waals surface area contributed by atoms with E-state index in [0.29, 0.717) is 19.2 Å². The molecule has 0 aromatic carbocycles. The van der Waals surface area contributed by atoms with Crippen molar-refractivity contribution in [3.63, 3.8) is 0 Å². The number of nitrogens with zero attached hydrogens (tertiary/aromatic N) is 1. The molecule has 1 atom stereocenters. The van der Waals surface area contributed by atoms with E-state index in [1.54, 1.807) is 41.5 Å². The van der Waals surface area contributed by atoms with Gasteiger partial charge in [0.05, 0.1) is 23.7 Å². The highest BCUT2D eigenvalue weighted by atomic mass is 16.7. The molecular weight excluding hydrogens is 411 g/mol. The molecule has 0 bridgehead atoms. The van der Waals surface area contributed by atoms with Crippen LogP contribution in [0.4, 0.5) is 4.79 Å². The van der Waals surface area contributed by atoms with Crippen LogP contribution in [0, 0.1) is 11.3 Å².